The van der Waals surface area contributed by atoms with E-state index in [0.717, 1.165) is 30.5 Å². The van der Waals surface area contributed by atoms with Crippen LogP contribution in [0.5, 0.6) is 0 Å². The average Bonchev–Trinajstić information content (AvgIpc) is 2.77. The van der Waals surface area contributed by atoms with Crippen molar-refractivity contribution >= 4 is 69.8 Å². The van der Waals surface area contributed by atoms with Gasteiger partial charge in [0.25, 0.3) is 5.91 Å². The lowest BCUT2D eigenvalue weighted by Crippen LogP contribution is -2.29. The molecule has 3 rings (SSSR count). The predicted molar refractivity (Wildman–Crippen MR) is 124 cm³/mol. The van der Waals surface area contributed by atoms with E-state index in [2.05, 4.69) is 10.2 Å². The molecular formula is C21H21Cl3N2O3S. The molecule has 0 aromatic heterocycles. The molecule has 1 N–H and O–H groups in total. The van der Waals surface area contributed by atoms with Gasteiger partial charge in [0.15, 0.2) is 6.61 Å². The number of thioether (sulfide) groups is 1. The highest BCUT2D eigenvalue weighted by Crippen LogP contribution is 2.37. The highest BCUT2D eigenvalue weighted by atomic mass is 35.5. The van der Waals surface area contributed by atoms with Crippen molar-refractivity contribution in [3.8, 4) is 0 Å². The van der Waals surface area contributed by atoms with Crippen LogP contribution < -0.4 is 10.2 Å². The predicted octanol–water partition coefficient (Wildman–Crippen LogP) is 5.91. The number of halogens is 3. The number of carbonyl (C=O) groups is 2. The topological polar surface area (TPSA) is 58.6 Å². The van der Waals surface area contributed by atoms with Crippen LogP contribution in [0.2, 0.25) is 15.1 Å². The Balaban J connectivity index is 1.42. The molecule has 1 saturated heterocycles. The summed E-state index contributed by atoms with van der Waals surface area (Å²) >= 11 is 19.1. The third-order valence-electron chi connectivity index (χ3n) is 4.58. The number of hydrogen-bond donors (Lipinski definition) is 1. The summed E-state index contributed by atoms with van der Waals surface area (Å²) in [5.74, 6) is -0.931. The lowest BCUT2D eigenvalue weighted by atomic mass is 10.1. The van der Waals surface area contributed by atoms with Crippen molar-refractivity contribution in [1.29, 1.82) is 0 Å². The minimum Gasteiger partial charge on any atom is -0.455 e. The number of rotatable bonds is 7. The number of amides is 1. The van der Waals surface area contributed by atoms with Crippen LogP contribution in [-0.2, 0) is 14.3 Å². The van der Waals surface area contributed by atoms with Crippen molar-refractivity contribution in [1.82, 2.24) is 0 Å². The van der Waals surface area contributed by atoms with Crippen molar-refractivity contribution in [2.45, 2.75) is 24.2 Å². The van der Waals surface area contributed by atoms with Crippen LogP contribution in [0.3, 0.4) is 0 Å². The molecule has 1 fully saturated rings. The van der Waals surface area contributed by atoms with Crippen molar-refractivity contribution in [3.05, 3.63) is 51.5 Å². The van der Waals surface area contributed by atoms with E-state index >= 15 is 0 Å². The molecule has 0 atom stereocenters. The van der Waals surface area contributed by atoms with Gasteiger partial charge in [0.05, 0.1) is 20.8 Å². The molecule has 1 amide bonds. The summed E-state index contributed by atoms with van der Waals surface area (Å²) in [6.07, 6.45) is 3.70. The Kier molecular flexibility index (Phi) is 8.57. The maximum absolute atomic E-state index is 12.1. The van der Waals surface area contributed by atoms with Crippen LogP contribution in [0.4, 0.5) is 11.4 Å². The summed E-state index contributed by atoms with van der Waals surface area (Å²) in [6.45, 7) is 1.77. The second kappa shape index (κ2) is 11.1. The number of nitrogens with zero attached hydrogens (tertiary/aromatic N) is 1. The monoisotopic (exact) mass is 486 g/mol. The van der Waals surface area contributed by atoms with Gasteiger partial charge in [-0.15, -0.1) is 11.8 Å². The molecule has 1 aliphatic rings. The molecule has 160 valence electrons. The van der Waals surface area contributed by atoms with Gasteiger partial charge in [-0.05, 0) is 55.7 Å². The largest absolute Gasteiger partial charge is 0.455 e. The number of carbonyl (C=O) groups excluding carboxylic acids is 2. The van der Waals surface area contributed by atoms with Crippen LogP contribution in [-0.4, -0.2) is 37.3 Å². The number of piperidine rings is 1. The van der Waals surface area contributed by atoms with Gasteiger partial charge in [0.1, 0.15) is 0 Å². The summed E-state index contributed by atoms with van der Waals surface area (Å²) in [5.41, 5.74) is 1.81. The molecule has 0 saturated carbocycles. The van der Waals surface area contributed by atoms with E-state index in [9.17, 15) is 9.59 Å². The number of ether oxygens (including phenoxy) is 1. The first-order valence-corrected chi connectivity index (χ1v) is 11.6. The summed E-state index contributed by atoms with van der Waals surface area (Å²) < 4.78 is 5.03. The standard InChI is InChI=1S/C21H21Cl3N2O3S/c22-16-8-9-17(21(24)20(16)23)30-13-19(28)29-12-18(27)25-14-4-6-15(7-5-14)26-10-2-1-3-11-26/h4-9H,1-3,10-13H2,(H,25,27). The Morgan fingerprint density at radius 3 is 2.37 bits per heavy atom. The van der Waals surface area contributed by atoms with Crippen molar-refractivity contribution in [2.24, 2.45) is 0 Å². The molecule has 1 heterocycles. The quantitative estimate of drug-likeness (QED) is 0.299. The molecule has 2 aromatic rings. The highest BCUT2D eigenvalue weighted by Gasteiger charge is 2.14. The Hall–Kier alpha value is -1.60. The fourth-order valence-corrected chi connectivity index (χ4v) is 4.55. The Morgan fingerprint density at radius 1 is 0.967 bits per heavy atom. The molecule has 1 aliphatic heterocycles. The fourth-order valence-electron chi connectivity index (χ4n) is 3.05. The molecule has 5 nitrogen and oxygen atoms in total. The SMILES string of the molecule is O=C(COC(=O)CSc1ccc(Cl)c(Cl)c1Cl)Nc1ccc(N2CCCCC2)cc1. The zero-order valence-electron chi connectivity index (χ0n) is 16.1. The highest BCUT2D eigenvalue weighted by molar-refractivity contribution is 8.00. The van der Waals surface area contributed by atoms with Crippen molar-refractivity contribution < 1.29 is 14.3 Å². The maximum atomic E-state index is 12.1. The normalized spacial score (nSPS) is 13.8. The van der Waals surface area contributed by atoms with Gasteiger partial charge in [-0.25, -0.2) is 0 Å². The van der Waals surface area contributed by atoms with E-state index < -0.39 is 11.9 Å². The van der Waals surface area contributed by atoms with Crippen LogP contribution in [0.25, 0.3) is 0 Å². The molecule has 2 aromatic carbocycles. The molecule has 0 aliphatic carbocycles. The van der Waals surface area contributed by atoms with Gasteiger partial charge in [-0.2, -0.15) is 0 Å². The minimum atomic E-state index is -0.530. The minimum absolute atomic E-state index is 0.00447. The smallest absolute Gasteiger partial charge is 0.316 e. The van der Waals surface area contributed by atoms with E-state index in [0.29, 0.717) is 15.6 Å². The molecule has 0 bridgehead atoms. The van der Waals surface area contributed by atoms with Crippen LogP contribution in [0.15, 0.2) is 41.3 Å². The summed E-state index contributed by atoms with van der Waals surface area (Å²) in [6, 6.07) is 11.0. The van der Waals surface area contributed by atoms with Crippen molar-refractivity contribution in [3.63, 3.8) is 0 Å². The van der Waals surface area contributed by atoms with E-state index in [1.54, 1.807) is 12.1 Å². The van der Waals surface area contributed by atoms with Crippen molar-refractivity contribution in [2.75, 3.05) is 35.7 Å². The Morgan fingerprint density at radius 2 is 1.67 bits per heavy atom. The van der Waals surface area contributed by atoms with Gasteiger partial charge in [0, 0.05) is 29.4 Å². The Labute approximate surface area is 195 Å². The summed E-state index contributed by atoms with van der Waals surface area (Å²) in [4.78, 5) is 26.9. The average molecular weight is 488 g/mol. The van der Waals surface area contributed by atoms with E-state index in [-0.39, 0.29) is 22.4 Å². The maximum Gasteiger partial charge on any atom is 0.316 e. The molecule has 0 spiro atoms. The molecule has 30 heavy (non-hydrogen) atoms. The lowest BCUT2D eigenvalue weighted by molar-refractivity contribution is -0.144. The van der Waals surface area contributed by atoms with E-state index in [4.69, 9.17) is 39.5 Å². The molecule has 0 radical (unpaired) electrons. The van der Waals surface area contributed by atoms with Crippen LogP contribution in [0.1, 0.15) is 19.3 Å². The third kappa shape index (κ3) is 6.45. The van der Waals surface area contributed by atoms with Crippen LogP contribution in [0, 0.1) is 0 Å². The summed E-state index contributed by atoms with van der Waals surface area (Å²) in [5, 5.41) is 3.59. The van der Waals surface area contributed by atoms with Crippen LogP contribution >= 0.6 is 46.6 Å². The molecule has 0 unspecified atom stereocenters. The van der Waals surface area contributed by atoms with E-state index in [1.807, 2.05) is 24.3 Å². The first kappa shape index (κ1) is 23.1. The zero-order chi connectivity index (χ0) is 21.5. The van der Waals surface area contributed by atoms with Gasteiger partial charge in [-0.1, -0.05) is 34.8 Å². The third-order valence-corrected chi connectivity index (χ3v) is 7.02. The second-order valence-electron chi connectivity index (χ2n) is 6.77. The van der Waals surface area contributed by atoms with Gasteiger partial charge < -0.3 is 15.0 Å². The van der Waals surface area contributed by atoms with Gasteiger partial charge >= 0.3 is 5.97 Å². The number of esters is 1. The fraction of sp³-hybridized carbons (Fsp3) is 0.333. The first-order chi connectivity index (χ1) is 14.4. The second-order valence-corrected chi connectivity index (χ2v) is 8.95. The van der Waals surface area contributed by atoms with Gasteiger partial charge in [0.2, 0.25) is 0 Å². The Bertz CT molecular complexity index is 903. The number of hydrogen-bond acceptors (Lipinski definition) is 5. The first-order valence-electron chi connectivity index (χ1n) is 9.51. The lowest BCUT2D eigenvalue weighted by Gasteiger charge is -2.28. The number of anilines is 2. The zero-order valence-corrected chi connectivity index (χ0v) is 19.2. The molecular weight excluding hydrogens is 467 g/mol. The summed E-state index contributed by atoms with van der Waals surface area (Å²) in [7, 11) is 0. The van der Waals surface area contributed by atoms with E-state index in [1.165, 1.54) is 19.3 Å². The molecule has 9 heteroatoms. The number of nitrogens with one attached hydrogen (secondary N) is 1. The number of benzene rings is 2. The van der Waals surface area contributed by atoms with Gasteiger partial charge in [-0.3, -0.25) is 9.59 Å².